The van der Waals surface area contributed by atoms with E-state index in [1.165, 1.54) is 28.0 Å². The largest absolute Gasteiger partial charge is 0.464 e. The molecule has 35 heavy (non-hydrogen) atoms. The Hall–Kier alpha value is -3.90. The van der Waals surface area contributed by atoms with Gasteiger partial charge >= 0.3 is 6.09 Å². The van der Waals surface area contributed by atoms with Crippen molar-refractivity contribution < 1.29 is 28.6 Å². The number of carbonyl (C=O) groups is 3. The molecule has 4 heterocycles. The van der Waals surface area contributed by atoms with Gasteiger partial charge in [-0.3, -0.25) is 19.1 Å². The highest BCUT2D eigenvalue weighted by Crippen LogP contribution is 2.36. The van der Waals surface area contributed by atoms with Crippen LogP contribution in [0.3, 0.4) is 0 Å². The van der Waals surface area contributed by atoms with Gasteiger partial charge in [0.05, 0.1) is 30.0 Å². The van der Waals surface area contributed by atoms with Gasteiger partial charge in [0.25, 0.3) is 17.0 Å². The van der Waals surface area contributed by atoms with Gasteiger partial charge in [0.1, 0.15) is 31.0 Å². The van der Waals surface area contributed by atoms with Gasteiger partial charge in [-0.15, -0.1) is 0 Å². The number of fused-ring (bicyclic) bond motifs is 1. The summed E-state index contributed by atoms with van der Waals surface area (Å²) in [6.07, 6.45) is 5.56. The van der Waals surface area contributed by atoms with E-state index in [0.29, 0.717) is 23.2 Å². The zero-order valence-electron chi connectivity index (χ0n) is 18.6. The number of carbonyl (C=O) groups excluding carboxylic acids is 3. The van der Waals surface area contributed by atoms with Crippen LogP contribution in [-0.2, 0) is 14.2 Å². The smallest absolute Gasteiger partial charge is 0.419 e. The molecule has 3 aromatic rings. The molecule has 5 rings (SSSR count). The minimum absolute atomic E-state index is 0.0291. The van der Waals surface area contributed by atoms with E-state index in [-0.39, 0.29) is 30.1 Å². The normalized spacial score (nSPS) is 21.3. The maximum atomic E-state index is 12.9. The maximum absolute atomic E-state index is 12.9. The van der Waals surface area contributed by atoms with Crippen molar-refractivity contribution in [3.05, 3.63) is 72.3 Å². The topological polar surface area (TPSA) is 118 Å². The Balaban J connectivity index is 1.37. The van der Waals surface area contributed by atoms with Crippen LogP contribution in [0.2, 0.25) is 0 Å². The zero-order valence-corrected chi connectivity index (χ0v) is 19.5. The number of amides is 2. The van der Waals surface area contributed by atoms with E-state index in [2.05, 4.69) is 9.97 Å². The lowest BCUT2D eigenvalue weighted by molar-refractivity contribution is -0.00421. The van der Waals surface area contributed by atoms with Crippen molar-refractivity contribution in [2.45, 2.75) is 31.7 Å². The molecule has 2 amide bonds. The molecule has 0 radical (unpaired) electrons. The Kier molecular flexibility index (Phi) is 6.14. The summed E-state index contributed by atoms with van der Waals surface area (Å²) in [5.74, 6) is -0.777. The Labute approximate surface area is 205 Å². The van der Waals surface area contributed by atoms with Crippen LogP contribution in [0.1, 0.15) is 45.9 Å². The van der Waals surface area contributed by atoms with Gasteiger partial charge in [0.15, 0.2) is 0 Å². The average molecular weight is 496 g/mol. The van der Waals surface area contributed by atoms with Crippen LogP contribution in [0, 0.1) is 0 Å². The number of imide groups is 1. The molecule has 2 aliphatic heterocycles. The van der Waals surface area contributed by atoms with Crippen molar-refractivity contribution in [2.75, 3.05) is 13.2 Å². The molecule has 1 fully saturated rings. The first kappa shape index (κ1) is 22.9. The van der Waals surface area contributed by atoms with E-state index in [1.807, 2.05) is 0 Å². The quantitative estimate of drug-likeness (QED) is 0.388. The lowest BCUT2D eigenvalue weighted by atomic mass is 10.1. The van der Waals surface area contributed by atoms with E-state index in [0.717, 1.165) is 4.90 Å². The van der Waals surface area contributed by atoms with Crippen LogP contribution in [-0.4, -0.2) is 72.4 Å². The molecule has 2 aliphatic rings. The number of ether oxygens (including phenoxy) is 3. The summed E-state index contributed by atoms with van der Waals surface area (Å²) in [4.78, 5) is 47.2. The molecule has 11 nitrogen and oxygen atoms in total. The fourth-order valence-corrected chi connectivity index (χ4v) is 4.37. The van der Waals surface area contributed by atoms with Crippen molar-refractivity contribution in [2.24, 2.45) is 0 Å². The molecular weight excluding hydrogens is 474 g/mol. The lowest BCUT2D eigenvalue weighted by Gasteiger charge is -2.24. The minimum Gasteiger partial charge on any atom is -0.464 e. The van der Waals surface area contributed by atoms with Gasteiger partial charge in [-0.05, 0) is 31.3 Å². The molecule has 0 unspecified atom stereocenters. The number of nitrogens with zero attached hydrogens (tertiary/aromatic N) is 5. The second kappa shape index (κ2) is 9.39. The summed E-state index contributed by atoms with van der Waals surface area (Å²) in [6.45, 7) is 1.92. The monoisotopic (exact) mass is 495 g/mol. The maximum Gasteiger partial charge on any atom is 0.419 e. The molecule has 0 N–H and O–H groups in total. The van der Waals surface area contributed by atoms with Crippen LogP contribution >= 0.6 is 12.2 Å². The van der Waals surface area contributed by atoms with E-state index in [9.17, 15) is 14.4 Å². The molecule has 12 heteroatoms. The Morgan fingerprint density at radius 3 is 2.57 bits per heavy atom. The molecule has 0 spiro atoms. The molecule has 0 bridgehead atoms. The highest BCUT2D eigenvalue weighted by Gasteiger charge is 2.44. The first-order chi connectivity index (χ1) is 17.0. The SMILES string of the molecule is CCOC(=O)n1cnc([C@H]2C[C@H](OC(=S)n3ccnc3)[C@@H](CN3C(=O)c4ccccc4C3=O)O2)c1. The van der Waals surface area contributed by atoms with Crippen molar-refractivity contribution in [3.63, 3.8) is 0 Å². The lowest BCUT2D eigenvalue weighted by Crippen LogP contribution is -2.42. The van der Waals surface area contributed by atoms with Gasteiger partial charge < -0.3 is 14.2 Å². The number of hydrogen-bond acceptors (Lipinski definition) is 9. The fraction of sp³-hybridized carbons (Fsp3) is 0.304. The zero-order chi connectivity index (χ0) is 24.5. The van der Waals surface area contributed by atoms with Gasteiger partial charge in [-0.2, -0.15) is 0 Å². The Bertz CT molecular complexity index is 1250. The Morgan fingerprint density at radius 1 is 1.17 bits per heavy atom. The summed E-state index contributed by atoms with van der Waals surface area (Å²) in [6, 6.07) is 6.67. The molecule has 2 aromatic heterocycles. The highest BCUT2D eigenvalue weighted by molar-refractivity contribution is 7.80. The molecule has 0 saturated carbocycles. The van der Waals surface area contributed by atoms with Gasteiger partial charge in [0.2, 0.25) is 0 Å². The number of hydrogen-bond donors (Lipinski definition) is 0. The first-order valence-electron chi connectivity index (χ1n) is 11.0. The molecule has 180 valence electrons. The average Bonchev–Trinajstić information content (AvgIpc) is 3.65. The third kappa shape index (κ3) is 4.33. The van der Waals surface area contributed by atoms with E-state index in [1.54, 1.807) is 43.6 Å². The third-order valence-electron chi connectivity index (χ3n) is 5.82. The minimum atomic E-state index is -0.684. The molecular formula is C23H21N5O6S. The van der Waals surface area contributed by atoms with Crippen LogP contribution in [0.15, 0.2) is 55.5 Å². The van der Waals surface area contributed by atoms with Gasteiger partial charge in [-0.1, -0.05) is 12.1 Å². The summed E-state index contributed by atoms with van der Waals surface area (Å²) < 4.78 is 20.0. The number of rotatable bonds is 5. The number of aromatic nitrogens is 4. The Morgan fingerprint density at radius 2 is 1.91 bits per heavy atom. The number of thiocarbonyl (C=S) groups is 1. The third-order valence-corrected chi connectivity index (χ3v) is 6.13. The van der Waals surface area contributed by atoms with E-state index in [4.69, 9.17) is 26.4 Å². The number of imidazole rings is 2. The fourth-order valence-electron chi connectivity index (χ4n) is 4.14. The molecule has 1 aromatic carbocycles. The summed E-state index contributed by atoms with van der Waals surface area (Å²) in [5, 5.41) is 0.154. The summed E-state index contributed by atoms with van der Waals surface area (Å²) in [7, 11) is 0. The van der Waals surface area contributed by atoms with Crippen molar-refractivity contribution in [1.29, 1.82) is 0 Å². The van der Waals surface area contributed by atoms with Crippen LogP contribution in [0.4, 0.5) is 4.79 Å². The highest BCUT2D eigenvalue weighted by atomic mass is 32.1. The standard InChI is InChI=1S/C23H21N5O6S/c1-2-32-22(31)27-10-16(25-13-27)17-9-18(34-23(35)26-8-7-24-12-26)19(33-17)11-28-20(29)14-5-3-4-6-15(14)21(28)30/h3-8,10,12-13,17-19H,2,9,11H2,1H3/t17-,18+,19-/m1/s1. The number of benzene rings is 1. The van der Waals surface area contributed by atoms with E-state index < -0.39 is 24.4 Å². The summed E-state index contributed by atoms with van der Waals surface area (Å²) >= 11 is 5.39. The molecule has 0 aliphatic carbocycles. The van der Waals surface area contributed by atoms with Crippen molar-refractivity contribution in [1.82, 2.24) is 24.0 Å². The van der Waals surface area contributed by atoms with Crippen molar-refractivity contribution >= 4 is 35.3 Å². The van der Waals surface area contributed by atoms with Gasteiger partial charge in [0, 0.05) is 25.0 Å². The molecule has 1 saturated heterocycles. The van der Waals surface area contributed by atoms with Crippen molar-refractivity contribution in [3.8, 4) is 0 Å². The predicted octanol–water partition coefficient (Wildman–Crippen LogP) is 2.43. The summed E-state index contributed by atoms with van der Waals surface area (Å²) in [5.41, 5.74) is 1.20. The van der Waals surface area contributed by atoms with Crippen LogP contribution in [0.5, 0.6) is 0 Å². The van der Waals surface area contributed by atoms with Crippen LogP contribution < -0.4 is 0 Å². The second-order valence-corrected chi connectivity index (χ2v) is 8.31. The van der Waals surface area contributed by atoms with E-state index >= 15 is 0 Å². The first-order valence-corrected chi connectivity index (χ1v) is 11.4. The van der Waals surface area contributed by atoms with Gasteiger partial charge in [-0.25, -0.2) is 19.3 Å². The second-order valence-electron chi connectivity index (χ2n) is 7.96. The predicted molar refractivity (Wildman–Crippen MR) is 124 cm³/mol. The molecule has 3 atom stereocenters. The van der Waals surface area contributed by atoms with Crippen LogP contribution in [0.25, 0.3) is 0 Å².